The third kappa shape index (κ3) is 4.14. The summed E-state index contributed by atoms with van der Waals surface area (Å²) in [6, 6.07) is 20.0. The van der Waals surface area contributed by atoms with Gasteiger partial charge < -0.3 is 14.4 Å². The molecule has 0 spiro atoms. The minimum atomic E-state index is 0.0188. The zero-order valence-corrected chi connectivity index (χ0v) is 19.5. The van der Waals surface area contributed by atoms with E-state index >= 15 is 0 Å². The Hall–Kier alpha value is -3.51. The molecule has 1 fully saturated rings. The molecule has 1 amide bonds. The third-order valence-corrected chi connectivity index (χ3v) is 6.39. The summed E-state index contributed by atoms with van der Waals surface area (Å²) in [5, 5.41) is 5.51. The topological polar surface area (TPSA) is 46.3 Å². The van der Waals surface area contributed by atoms with Gasteiger partial charge in [0.05, 0.1) is 11.4 Å². The van der Waals surface area contributed by atoms with Crippen molar-refractivity contribution in [3.8, 4) is 11.5 Å². The van der Waals surface area contributed by atoms with Crippen LogP contribution in [0.1, 0.15) is 21.6 Å². The average Bonchev–Trinajstić information content (AvgIpc) is 3.47. The first-order valence-corrected chi connectivity index (χ1v) is 11.5. The zero-order valence-electron chi connectivity index (χ0n) is 18.8. The van der Waals surface area contributed by atoms with Gasteiger partial charge in [0, 0.05) is 49.3 Å². The summed E-state index contributed by atoms with van der Waals surface area (Å²) in [6.07, 6.45) is 3.91. The molecular weight excluding hydrogens is 434 g/mol. The second-order valence-corrected chi connectivity index (χ2v) is 8.81. The SMILES string of the molecule is Cc1ccc(-n2nc(C)c(C(=O)N3CCN(c4ccc(Cl)cc4)CC3)c2-n2cccc2)cc1. The molecule has 7 heteroatoms. The number of rotatable bonds is 4. The summed E-state index contributed by atoms with van der Waals surface area (Å²) >= 11 is 6.03. The molecular formula is C26H26ClN5O. The number of hydrogen-bond acceptors (Lipinski definition) is 3. The van der Waals surface area contributed by atoms with Crippen molar-refractivity contribution in [2.75, 3.05) is 31.1 Å². The summed E-state index contributed by atoms with van der Waals surface area (Å²) in [5.74, 6) is 0.789. The van der Waals surface area contributed by atoms with Gasteiger partial charge in [-0.1, -0.05) is 29.3 Å². The van der Waals surface area contributed by atoms with Crippen molar-refractivity contribution in [3.63, 3.8) is 0 Å². The lowest BCUT2D eigenvalue weighted by Gasteiger charge is -2.36. The average molecular weight is 460 g/mol. The molecule has 2 aromatic heterocycles. The summed E-state index contributed by atoms with van der Waals surface area (Å²) in [6.45, 7) is 6.83. The number of benzene rings is 2. The fraction of sp³-hybridized carbons (Fsp3) is 0.231. The molecule has 0 N–H and O–H groups in total. The van der Waals surface area contributed by atoms with E-state index in [1.54, 1.807) is 0 Å². The Balaban J connectivity index is 1.45. The smallest absolute Gasteiger partial charge is 0.259 e. The van der Waals surface area contributed by atoms with Crippen LogP contribution in [0.15, 0.2) is 73.1 Å². The molecule has 0 unspecified atom stereocenters. The normalized spacial score (nSPS) is 14.0. The lowest BCUT2D eigenvalue weighted by molar-refractivity contribution is 0.0746. The van der Waals surface area contributed by atoms with Crippen molar-refractivity contribution in [1.29, 1.82) is 0 Å². The largest absolute Gasteiger partial charge is 0.368 e. The molecule has 6 nitrogen and oxygen atoms in total. The molecule has 3 heterocycles. The minimum Gasteiger partial charge on any atom is -0.368 e. The van der Waals surface area contributed by atoms with Crippen LogP contribution < -0.4 is 4.90 Å². The number of aryl methyl sites for hydroxylation is 2. The summed E-state index contributed by atoms with van der Waals surface area (Å²) in [7, 11) is 0. The Bertz CT molecular complexity index is 1250. The van der Waals surface area contributed by atoms with Crippen LogP contribution in [0.2, 0.25) is 5.02 Å². The maximum Gasteiger partial charge on any atom is 0.259 e. The highest BCUT2D eigenvalue weighted by Crippen LogP contribution is 2.26. The Morgan fingerprint density at radius 2 is 1.45 bits per heavy atom. The van der Waals surface area contributed by atoms with Crippen molar-refractivity contribution in [3.05, 3.63) is 94.9 Å². The number of halogens is 1. The zero-order chi connectivity index (χ0) is 22.9. The molecule has 1 aliphatic rings. The first kappa shape index (κ1) is 21.3. The van der Waals surface area contributed by atoms with Gasteiger partial charge in [0.15, 0.2) is 5.82 Å². The van der Waals surface area contributed by atoms with E-state index in [4.69, 9.17) is 16.7 Å². The molecule has 5 rings (SSSR count). The van der Waals surface area contributed by atoms with Gasteiger partial charge >= 0.3 is 0 Å². The summed E-state index contributed by atoms with van der Waals surface area (Å²) in [5.41, 5.74) is 4.61. The Morgan fingerprint density at radius 3 is 2.09 bits per heavy atom. The second-order valence-electron chi connectivity index (χ2n) is 8.38. The number of nitrogens with zero attached hydrogens (tertiary/aromatic N) is 5. The quantitative estimate of drug-likeness (QED) is 0.436. The van der Waals surface area contributed by atoms with Gasteiger partial charge in [-0.25, -0.2) is 4.68 Å². The van der Waals surface area contributed by atoms with Crippen LogP contribution in [0.5, 0.6) is 0 Å². The Labute approximate surface area is 198 Å². The van der Waals surface area contributed by atoms with E-state index in [1.807, 2.05) is 82.0 Å². The first-order chi connectivity index (χ1) is 16.0. The van der Waals surface area contributed by atoms with Crippen LogP contribution >= 0.6 is 11.6 Å². The second kappa shape index (κ2) is 8.79. The highest BCUT2D eigenvalue weighted by atomic mass is 35.5. The molecule has 1 aliphatic heterocycles. The van der Waals surface area contributed by atoms with Crippen molar-refractivity contribution >= 4 is 23.2 Å². The van der Waals surface area contributed by atoms with Gasteiger partial charge in [0.2, 0.25) is 0 Å². The molecule has 0 bridgehead atoms. The molecule has 0 atom stereocenters. The third-order valence-electron chi connectivity index (χ3n) is 6.14. The minimum absolute atomic E-state index is 0.0188. The number of carbonyl (C=O) groups is 1. The molecule has 2 aromatic carbocycles. The van der Waals surface area contributed by atoms with Crippen molar-refractivity contribution in [2.24, 2.45) is 0 Å². The predicted octanol–water partition coefficient (Wildman–Crippen LogP) is 4.90. The molecule has 0 saturated carbocycles. The van der Waals surface area contributed by atoms with Crippen LogP contribution in [0.25, 0.3) is 11.5 Å². The van der Waals surface area contributed by atoms with Crippen LogP contribution in [0.3, 0.4) is 0 Å². The number of amides is 1. The van der Waals surface area contributed by atoms with Crippen molar-refractivity contribution in [1.82, 2.24) is 19.2 Å². The van der Waals surface area contributed by atoms with Crippen molar-refractivity contribution < 1.29 is 4.79 Å². The molecule has 0 radical (unpaired) electrons. The van der Waals surface area contributed by atoms with E-state index in [2.05, 4.69) is 24.0 Å². The Morgan fingerprint density at radius 1 is 0.848 bits per heavy atom. The fourth-order valence-electron chi connectivity index (χ4n) is 4.32. The lowest BCUT2D eigenvalue weighted by Crippen LogP contribution is -2.49. The van der Waals surface area contributed by atoms with Gasteiger partial charge in [-0.2, -0.15) is 5.10 Å². The van der Waals surface area contributed by atoms with Gasteiger partial charge in [-0.3, -0.25) is 4.79 Å². The number of carbonyl (C=O) groups excluding carboxylic acids is 1. The van der Waals surface area contributed by atoms with Crippen LogP contribution in [-0.2, 0) is 0 Å². The predicted molar refractivity (Wildman–Crippen MR) is 132 cm³/mol. The summed E-state index contributed by atoms with van der Waals surface area (Å²) in [4.78, 5) is 18.0. The number of aromatic nitrogens is 3. The fourth-order valence-corrected chi connectivity index (χ4v) is 4.45. The highest BCUT2D eigenvalue weighted by Gasteiger charge is 2.29. The lowest BCUT2D eigenvalue weighted by atomic mass is 10.1. The van der Waals surface area contributed by atoms with Crippen LogP contribution in [0, 0.1) is 13.8 Å². The van der Waals surface area contributed by atoms with E-state index in [0.29, 0.717) is 18.7 Å². The molecule has 33 heavy (non-hydrogen) atoms. The number of anilines is 1. The van der Waals surface area contributed by atoms with Crippen LogP contribution in [0.4, 0.5) is 5.69 Å². The van der Waals surface area contributed by atoms with Crippen LogP contribution in [-0.4, -0.2) is 51.3 Å². The summed E-state index contributed by atoms with van der Waals surface area (Å²) < 4.78 is 3.84. The maximum atomic E-state index is 13.7. The van der Waals surface area contributed by atoms with E-state index in [9.17, 15) is 4.79 Å². The van der Waals surface area contributed by atoms with Gasteiger partial charge in [0.25, 0.3) is 5.91 Å². The maximum absolute atomic E-state index is 13.7. The first-order valence-electron chi connectivity index (χ1n) is 11.1. The highest BCUT2D eigenvalue weighted by molar-refractivity contribution is 6.30. The number of piperazine rings is 1. The van der Waals surface area contributed by atoms with Crippen molar-refractivity contribution in [2.45, 2.75) is 13.8 Å². The van der Waals surface area contributed by atoms with E-state index in [0.717, 1.165) is 41.0 Å². The molecule has 0 aliphatic carbocycles. The van der Waals surface area contributed by atoms with Gasteiger partial charge in [0.1, 0.15) is 5.56 Å². The monoisotopic (exact) mass is 459 g/mol. The molecule has 4 aromatic rings. The van der Waals surface area contributed by atoms with E-state index < -0.39 is 0 Å². The van der Waals surface area contributed by atoms with E-state index in [-0.39, 0.29) is 5.91 Å². The number of hydrogen-bond donors (Lipinski definition) is 0. The molecule has 1 saturated heterocycles. The Kier molecular flexibility index (Phi) is 5.68. The molecule has 168 valence electrons. The van der Waals surface area contributed by atoms with Gasteiger partial charge in [-0.05, 0) is 62.4 Å². The standard InChI is InChI=1S/C26H26ClN5O/c1-19-5-9-23(10-6-19)32-25(30-13-3-4-14-30)24(20(2)28-32)26(33)31-17-15-29(16-18-31)22-11-7-21(27)8-12-22/h3-14H,15-18H2,1-2H3. The van der Waals surface area contributed by atoms with Gasteiger partial charge in [-0.15, -0.1) is 0 Å². The van der Waals surface area contributed by atoms with E-state index in [1.165, 1.54) is 5.56 Å².